The zero-order valence-corrected chi connectivity index (χ0v) is 17.4. The van der Waals surface area contributed by atoms with Crippen molar-refractivity contribution in [3.63, 3.8) is 0 Å². The normalized spacial score (nSPS) is 17.1. The highest BCUT2D eigenvalue weighted by molar-refractivity contribution is 6.33. The molecule has 2 heterocycles. The quantitative estimate of drug-likeness (QED) is 0.652. The molecular weight excluding hydrogens is 391 g/mol. The van der Waals surface area contributed by atoms with E-state index < -0.39 is 11.7 Å². The Bertz CT molecular complexity index is 659. The summed E-state index contributed by atoms with van der Waals surface area (Å²) in [6.07, 6.45) is 0.807. The molecule has 1 atom stereocenters. The minimum Gasteiger partial charge on any atom is -0.355 e. The van der Waals surface area contributed by atoms with Crippen molar-refractivity contribution in [3.8, 4) is 0 Å². The molecule has 1 aromatic rings. The number of nitrogens with one attached hydrogen (secondary N) is 1. The van der Waals surface area contributed by atoms with Gasteiger partial charge in [0.2, 0.25) is 5.91 Å². The molecule has 1 amide bonds. The van der Waals surface area contributed by atoms with E-state index >= 15 is 0 Å². The van der Waals surface area contributed by atoms with Crippen LogP contribution in [0.4, 0.5) is 19.0 Å². The van der Waals surface area contributed by atoms with Crippen LogP contribution in [0.5, 0.6) is 0 Å². The molecular formula is C20H29ClF3N3O. The van der Waals surface area contributed by atoms with Crippen molar-refractivity contribution in [2.45, 2.75) is 65.1 Å². The van der Waals surface area contributed by atoms with Crippen LogP contribution in [0.1, 0.15) is 58.4 Å². The lowest BCUT2D eigenvalue weighted by Gasteiger charge is -2.33. The zero-order chi connectivity index (χ0) is 20.9. The number of pyridine rings is 1. The number of halogens is 4. The van der Waals surface area contributed by atoms with Crippen LogP contribution in [0.2, 0.25) is 5.02 Å². The second-order valence-electron chi connectivity index (χ2n) is 8.02. The highest BCUT2D eigenvalue weighted by Crippen LogP contribution is 2.34. The molecule has 0 spiro atoms. The zero-order valence-electron chi connectivity index (χ0n) is 16.7. The first-order chi connectivity index (χ1) is 13.1. The average Bonchev–Trinajstić information content (AvgIpc) is 2.60. The highest BCUT2D eigenvalue weighted by atomic mass is 35.5. The van der Waals surface area contributed by atoms with Crippen LogP contribution >= 0.6 is 11.6 Å². The summed E-state index contributed by atoms with van der Waals surface area (Å²) in [4.78, 5) is 18.2. The molecule has 1 aromatic heterocycles. The number of carbonyl (C=O) groups excluding carboxylic acids is 1. The van der Waals surface area contributed by atoms with Gasteiger partial charge < -0.3 is 10.2 Å². The first-order valence-electron chi connectivity index (χ1n) is 9.86. The van der Waals surface area contributed by atoms with Crippen molar-refractivity contribution in [3.05, 3.63) is 22.8 Å². The van der Waals surface area contributed by atoms with Gasteiger partial charge in [0, 0.05) is 31.2 Å². The smallest absolute Gasteiger partial charge is 0.355 e. The van der Waals surface area contributed by atoms with E-state index in [1.807, 2.05) is 11.8 Å². The van der Waals surface area contributed by atoms with Gasteiger partial charge >= 0.3 is 6.18 Å². The molecule has 2 rings (SSSR count). The maximum Gasteiger partial charge on any atom is 0.417 e. The van der Waals surface area contributed by atoms with Crippen LogP contribution in [0.25, 0.3) is 0 Å². The number of rotatable bonds is 7. The second-order valence-corrected chi connectivity index (χ2v) is 8.43. The summed E-state index contributed by atoms with van der Waals surface area (Å²) in [6, 6.07) is 1.05. The van der Waals surface area contributed by atoms with Crippen LogP contribution in [0.15, 0.2) is 12.3 Å². The van der Waals surface area contributed by atoms with Gasteiger partial charge in [0.25, 0.3) is 0 Å². The maximum absolute atomic E-state index is 12.7. The summed E-state index contributed by atoms with van der Waals surface area (Å²) in [6.45, 7) is 7.48. The van der Waals surface area contributed by atoms with Crippen LogP contribution < -0.4 is 10.2 Å². The Morgan fingerprint density at radius 1 is 1.29 bits per heavy atom. The monoisotopic (exact) mass is 419 g/mol. The number of carbonyl (C=O) groups is 1. The van der Waals surface area contributed by atoms with Gasteiger partial charge in [0.15, 0.2) is 0 Å². The average molecular weight is 420 g/mol. The number of piperidine rings is 1. The molecule has 1 unspecified atom stereocenters. The Morgan fingerprint density at radius 3 is 2.46 bits per heavy atom. The van der Waals surface area contributed by atoms with Gasteiger partial charge in [-0.1, -0.05) is 38.3 Å². The number of hydrogen-bond donors (Lipinski definition) is 1. The van der Waals surface area contributed by atoms with E-state index in [2.05, 4.69) is 24.1 Å². The molecule has 158 valence electrons. The molecule has 1 aliphatic heterocycles. The summed E-state index contributed by atoms with van der Waals surface area (Å²) in [5.74, 6) is 0.980. The van der Waals surface area contributed by atoms with Gasteiger partial charge in [0.05, 0.1) is 10.6 Å². The molecule has 1 N–H and O–H groups in total. The summed E-state index contributed by atoms with van der Waals surface area (Å²) in [7, 11) is 0. The fourth-order valence-electron chi connectivity index (χ4n) is 3.44. The number of amides is 1. The lowest BCUT2D eigenvalue weighted by molar-refractivity contribution is -0.137. The maximum atomic E-state index is 12.7. The summed E-state index contributed by atoms with van der Waals surface area (Å²) >= 11 is 6.02. The molecule has 0 aliphatic carbocycles. The second kappa shape index (κ2) is 9.81. The number of anilines is 1. The summed E-state index contributed by atoms with van der Waals surface area (Å²) in [5, 5.41) is 3.07. The van der Waals surface area contributed by atoms with Crippen molar-refractivity contribution in [2.75, 3.05) is 18.0 Å². The Balaban J connectivity index is 1.84. The van der Waals surface area contributed by atoms with E-state index in [9.17, 15) is 18.0 Å². The van der Waals surface area contributed by atoms with Gasteiger partial charge in [-0.3, -0.25) is 4.79 Å². The molecule has 1 fully saturated rings. The Kier molecular flexibility index (Phi) is 7.98. The molecule has 8 heteroatoms. The SMILES string of the molecule is CC(C)CCCC(C)NC(=O)C1CCN(c2ncc(C(F)(F)F)cc2Cl)CC1. The third-order valence-electron chi connectivity index (χ3n) is 5.12. The van der Waals surface area contributed by atoms with Crippen molar-refractivity contribution in [1.29, 1.82) is 0 Å². The molecule has 1 aliphatic rings. The van der Waals surface area contributed by atoms with Gasteiger partial charge in [-0.2, -0.15) is 13.2 Å². The largest absolute Gasteiger partial charge is 0.417 e. The van der Waals surface area contributed by atoms with Gasteiger partial charge in [-0.15, -0.1) is 0 Å². The first kappa shape index (κ1) is 22.8. The van der Waals surface area contributed by atoms with Crippen molar-refractivity contribution < 1.29 is 18.0 Å². The number of aromatic nitrogens is 1. The molecule has 0 bridgehead atoms. The number of nitrogens with zero attached hydrogens (tertiary/aromatic N) is 2. The van der Waals surface area contributed by atoms with Crippen molar-refractivity contribution in [2.24, 2.45) is 11.8 Å². The van der Waals surface area contributed by atoms with E-state index in [-0.39, 0.29) is 22.9 Å². The third kappa shape index (κ3) is 6.54. The fourth-order valence-corrected chi connectivity index (χ4v) is 3.72. The van der Waals surface area contributed by atoms with Crippen molar-refractivity contribution >= 4 is 23.3 Å². The molecule has 28 heavy (non-hydrogen) atoms. The van der Waals surface area contributed by atoms with E-state index in [4.69, 9.17) is 11.6 Å². The van der Waals surface area contributed by atoms with Gasteiger partial charge in [0.1, 0.15) is 5.82 Å². The molecule has 4 nitrogen and oxygen atoms in total. The predicted molar refractivity (Wildman–Crippen MR) is 105 cm³/mol. The fraction of sp³-hybridized carbons (Fsp3) is 0.700. The molecule has 0 radical (unpaired) electrons. The highest BCUT2D eigenvalue weighted by Gasteiger charge is 2.33. The van der Waals surface area contributed by atoms with E-state index in [1.165, 1.54) is 0 Å². The minimum absolute atomic E-state index is 0.0171. The molecule has 0 aromatic carbocycles. The van der Waals surface area contributed by atoms with Gasteiger partial charge in [-0.25, -0.2) is 4.98 Å². The van der Waals surface area contributed by atoms with E-state index in [0.717, 1.165) is 31.5 Å². The van der Waals surface area contributed by atoms with Gasteiger partial charge in [-0.05, 0) is 38.2 Å². The standard InChI is InChI=1S/C20H29ClF3N3O/c1-13(2)5-4-6-14(3)26-19(28)15-7-9-27(10-8-15)18-17(21)11-16(12-25-18)20(22,23)24/h11-15H,4-10H2,1-3H3,(H,26,28). The van der Waals surface area contributed by atoms with Crippen LogP contribution in [-0.2, 0) is 11.0 Å². The Labute approximate surface area is 169 Å². The van der Waals surface area contributed by atoms with E-state index in [0.29, 0.717) is 37.7 Å². The first-order valence-corrected chi connectivity index (χ1v) is 10.2. The van der Waals surface area contributed by atoms with Crippen LogP contribution in [0.3, 0.4) is 0 Å². The van der Waals surface area contributed by atoms with Crippen LogP contribution in [0, 0.1) is 11.8 Å². The van der Waals surface area contributed by atoms with Crippen LogP contribution in [-0.4, -0.2) is 30.0 Å². The number of alkyl halides is 3. The lowest BCUT2D eigenvalue weighted by atomic mass is 9.95. The molecule has 1 saturated heterocycles. The summed E-state index contributed by atoms with van der Waals surface area (Å²) < 4.78 is 38.2. The number of hydrogen-bond acceptors (Lipinski definition) is 3. The Morgan fingerprint density at radius 2 is 1.93 bits per heavy atom. The third-order valence-corrected chi connectivity index (χ3v) is 5.40. The predicted octanol–water partition coefficient (Wildman–Crippen LogP) is 5.30. The lowest BCUT2D eigenvalue weighted by Crippen LogP contribution is -2.43. The molecule has 0 saturated carbocycles. The topological polar surface area (TPSA) is 45.2 Å². The summed E-state index contributed by atoms with van der Waals surface area (Å²) in [5.41, 5.74) is -0.859. The Hall–Kier alpha value is -1.50. The minimum atomic E-state index is -4.47. The van der Waals surface area contributed by atoms with E-state index in [1.54, 1.807) is 0 Å². The van der Waals surface area contributed by atoms with Crippen molar-refractivity contribution in [1.82, 2.24) is 10.3 Å².